The Morgan fingerprint density at radius 1 is 1.38 bits per heavy atom. The Labute approximate surface area is 142 Å². The van der Waals surface area contributed by atoms with Gasteiger partial charge in [0.15, 0.2) is 5.82 Å². The van der Waals surface area contributed by atoms with E-state index in [-0.39, 0.29) is 5.91 Å². The van der Waals surface area contributed by atoms with E-state index in [9.17, 15) is 4.79 Å². The van der Waals surface area contributed by atoms with Crippen LogP contribution in [-0.2, 0) is 19.5 Å². The second-order valence-corrected chi connectivity index (χ2v) is 6.63. The maximum absolute atomic E-state index is 12.3. The molecule has 122 valence electrons. The van der Waals surface area contributed by atoms with Crippen molar-refractivity contribution in [2.24, 2.45) is 0 Å². The van der Waals surface area contributed by atoms with Crippen LogP contribution in [0.2, 0.25) is 0 Å². The molecule has 3 aromatic rings. The average Bonchev–Trinajstić information content (AvgIpc) is 3.27. The number of carbonyl (C=O) groups excluding carboxylic acids is 1. The van der Waals surface area contributed by atoms with Crippen molar-refractivity contribution in [2.75, 3.05) is 6.54 Å². The number of amides is 1. The molecule has 0 unspecified atom stereocenters. The summed E-state index contributed by atoms with van der Waals surface area (Å²) in [5.41, 5.74) is 1.98. The van der Waals surface area contributed by atoms with Crippen LogP contribution in [0.4, 0.5) is 0 Å². The molecule has 0 aliphatic carbocycles. The maximum atomic E-state index is 12.3. The number of aromatic amines is 1. The summed E-state index contributed by atoms with van der Waals surface area (Å²) in [4.78, 5) is 22.9. The van der Waals surface area contributed by atoms with Gasteiger partial charge in [-0.2, -0.15) is 5.10 Å². The molecule has 0 radical (unpaired) electrons. The first-order chi connectivity index (χ1) is 11.8. The fourth-order valence-electron chi connectivity index (χ4n) is 2.60. The first kappa shape index (κ1) is 15.0. The van der Waals surface area contributed by atoms with Gasteiger partial charge in [0.1, 0.15) is 11.5 Å². The molecule has 3 aromatic heterocycles. The van der Waals surface area contributed by atoms with E-state index in [1.54, 1.807) is 17.5 Å². The van der Waals surface area contributed by atoms with Gasteiger partial charge in [0, 0.05) is 17.6 Å². The van der Waals surface area contributed by atoms with Crippen LogP contribution in [0.25, 0.3) is 11.5 Å². The van der Waals surface area contributed by atoms with Crippen molar-refractivity contribution in [2.45, 2.75) is 19.5 Å². The predicted molar refractivity (Wildman–Crippen MR) is 90.5 cm³/mol. The zero-order valence-electron chi connectivity index (χ0n) is 12.9. The number of hydrogen-bond donors (Lipinski definition) is 3. The second kappa shape index (κ2) is 6.50. The molecular weight excluding hydrogens is 324 g/mol. The molecule has 0 saturated carbocycles. The van der Waals surface area contributed by atoms with Crippen LogP contribution in [0.1, 0.15) is 25.9 Å². The summed E-state index contributed by atoms with van der Waals surface area (Å²) in [6.07, 6.45) is 2.68. The second-order valence-electron chi connectivity index (χ2n) is 5.49. The summed E-state index contributed by atoms with van der Waals surface area (Å²) < 4.78 is 0. The van der Waals surface area contributed by atoms with Crippen LogP contribution in [0, 0.1) is 0 Å². The number of fused-ring (bicyclic) bond motifs is 1. The Balaban J connectivity index is 1.41. The van der Waals surface area contributed by atoms with Crippen molar-refractivity contribution in [3.05, 3.63) is 51.6 Å². The molecule has 0 spiro atoms. The molecule has 4 rings (SSSR count). The number of nitrogens with zero attached hydrogens (tertiary/aromatic N) is 3. The van der Waals surface area contributed by atoms with Gasteiger partial charge in [-0.05, 0) is 36.7 Å². The zero-order chi connectivity index (χ0) is 16.4. The molecule has 1 aliphatic heterocycles. The van der Waals surface area contributed by atoms with Gasteiger partial charge in [-0.15, -0.1) is 11.3 Å². The lowest BCUT2D eigenvalue weighted by molar-refractivity contribution is 0.0954. The van der Waals surface area contributed by atoms with Crippen LogP contribution in [-0.4, -0.2) is 32.6 Å². The highest BCUT2D eigenvalue weighted by molar-refractivity contribution is 7.14. The molecule has 1 aliphatic rings. The Morgan fingerprint density at radius 2 is 2.33 bits per heavy atom. The maximum Gasteiger partial charge on any atom is 0.261 e. The fourth-order valence-corrected chi connectivity index (χ4v) is 3.70. The fraction of sp³-hybridized carbons (Fsp3) is 0.250. The van der Waals surface area contributed by atoms with Crippen molar-refractivity contribution in [1.82, 2.24) is 30.8 Å². The summed E-state index contributed by atoms with van der Waals surface area (Å²) in [7, 11) is 0. The van der Waals surface area contributed by atoms with Gasteiger partial charge >= 0.3 is 0 Å². The number of nitrogens with one attached hydrogen (secondary N) is 3. The average molecular weight is 340 g/mol. The summed E-state index contributed by atoms with van der Waals surface area (Å²) >= 11 is 1.55. The van der Waals surface area contributed by atoms with E-state index in [0.717, 1.165) is 24.4 Å². The standard InChI is InChI=1S/C16H16N6OS/c23-16(12-7-10-4-6-17-8-13(10)24-12)19-9-14-20-15(22-21-14)11-3-1-2-5-18-11/h1-3,5,7,17H,4,6,8-9H2,(H,19,23)(H,20,21,22). The highest BCUT2D eigenvalue weighted by Gasteiger charge is 2.17. The van der Waals surface area contributed by atoms with E-state index in [4.69, 9.17) is 0 Å². The molecule has 8 heteroatoms. The summed E-state index contributed by atoms with van der Waals surface area (Å²) in [6.45, 7) is 2.13. The number of carbonyl (C=O) groups is 1. The molecule has 1 amide bonds. The molecule has 3 N–H and O–H groups in total. The molecule has 4 heterocycles. The molecule has 0 saturated heterocycles. The minimum absolute atomic E-state index is 0.0785. The van der Waals surface area contributed by atoms with Gasteiger partial charge in [-0.1, -0.05) is 6.07 Å². The van der Waals surface area contributed by atoms with E-state index in [0.29, 0.717) is 23.9 Å². The van der Waals surface area contributed by atoms with Gasteiger partial charge in [0.25, 0.3) is 5.91 Å². The number of pyridine rings is 1. The van der Waals surface area contributed by atoms with Crippen LogP contribution in [0.3, 0.4) is 0 Å². The molecule has 0 bridgehead atoms. The van der Waals surface area contributed by atoms with Gasteiger partial charge in [0.2, 0.25) is 0 Å². The predicted octanol–water partition coefficient (Wildman–Crippen LogP) is 1.50. The lowest BCUT2D eigenvalue weighted by Gasteiger charge is -2.10. The van der Waals surface area contributed by atoms with Crippen LogP contribution < -0.4 is 10.6 Å². The molecule has 24 heavy (non-hydrogen) atoms. The van der Waals surface area contributed by atoms with Crippen molar-refractivity contribution in [1.29, 1.82) is 0 Å². The Morgan fingerprint density at radius 3 is 3.17 bits per heavy atom. The van der Waals surface area contributed by atoms with E-state index in [1.165, 1.54) is 10.4 Å². The number of aromatic nitrogens is 4. The summed E-state index contributed by atoms with van der Waals surface area (Å²) in [6, 6.07) is 7.56. The van der Waals surface area contributed by atoms with Crippen molar-refractivity contribution in [3.63, 3.8) is 0 Å². The first-order valence-corrected chi connectivity index (χ1v) is 8.54. The van der Waals surface area contributed by atoms with Gasteiger partial charge in [-0.25, -0.2) is 4.98 Å². The highest BCUT2D eigenvalue weighted by atomic mass is 32.1. The van der Waals surface area contributed by atoms with E-state index in [2.05, 4.69) is 30.8 Å². The Hall–Kier alpha value is -2.58. The Kier molecular flexibility index (Phi) is 4.06. The number of thiophene rings is 1. The summed E-state index contributed by atoms with van der Waals surface area (Å²) in [5, 5.41) is 13.2. The number of hydrogen-bond acceptors (Lipinski definition) is 6. The minimum atomic E-state index is -0.0785. The monoisotopic (exact) mass is 340 g/mol. The third-order valence-corrected chi connectivity index (χ3v) is 5.00. The third kappa shape index (κ3) is 3.06. The lowest BCUT2D eigenvalue weighted by atomic mass is 10.1. The number of rotatable bonds is 4. The van der Waals surface area contributed by atoms with Crippen molar-refractivity contribution < 1.29 is 4.79 Å². The number of H-pyrrole nitrogens is 1. The van der Waals surface area contributed by atoms with Gasteiger partial charge in [0.05, 0.1) is 11.4 Å². The molecule has 0 aromatic carbocycles. The molecular formula is C16H16N6OS. The smallest absolute Gasteiger partial charge is 0.261 e. The van der Waals surface area contributed by atoms with Crippen molar-refractivity contribution >= 4 is 17.2 Å². The molecule has 7 nitrogen and oxygen atoms in total. The first-order valence-electron chi connectivity index (χ1n) is 7.73. The quantitative estimate of drug-likeness (QED) is 0.669. The zero-order valence-corrected chi connectivity index (χ0v) is 13.7. The van der Waals surface area contributed by atoms with Crippen LogP contribution >= 0.6 is 11.3 Å². The Bertz CT molecular complexity index is 833. The molecule has 0 fully saturated rings. The van der Waals surface area contributed by atoms with E-state index >= 15 is 0 Å². The van der Waals surface area contributed by atoms with Crippen LogP contribution in [0.15, 0.2) is 30.5 Å². The van der Waals surface area contributed by atoms with Crippen molar-refractivity contribution in [3.8, 4) is 11.5 Å². The normalized spacial score (nSPS) is 13.5. The molecule has 0 atom stereocenters. The SMILES string of the molecule is O=C(NCc1nc(-c2ccccn2)n[nH]1)c1cc2c(s1)CNCC2. The third-order valence-electron chi connectivity index (χ3n) is 3.82. The van der Waals surface area contributed by atoms with Gasteiger partial charge in [-0.3, -0.25) is 14.9 Å². The van der Waals surface area contributed by atoms with Crippen LogP contribution in [0.5, 0.6) is 0 Å². The lowest BCUT2D eigenvalue weighted by Crippen LogP contribution is -2.22. The largest absolute Gasteiger partial charge is 0.344 e. The topological polar surface area (TPSA) is 95.6 Å². The minimum Gasteiger partial charge on any atom is -0.344 e. The van der Waals surface area contributed by atoms with E-state index < -0.39 is 0 Å². The highest BCUT2D eigenvalue weighted by Crippen LogP contribution is 2.25. The van der Waals surface area contributed by atoms with E-state index in [1.807, 2.05) is 24.3 Å². The van der Waals surface area contributed by atoms with Gasteiger partial charge < -0.3 is 10.6 Å². The summed E-state index contributed by atoms with van der Waals surface area (Å²) in [5.74, 6) is 1.05.